The number of benzene rings is 1. The number of methoxy groups -OCH3 is 4. The molecule has 1 aromatic carbocycles. The SMILES string of the molecule is COC(=O)C1=C(C)N[C@H](c2ccc(OC)cc2OC)C(C(=O)OC)=C1C. The highest BCUT2D eigenvalue weighted by Crippen LogP contribution is 2.39. The molecule has 1 N–H and O–H groups in total. The lowest BCUT2D eigenvalue weighted by Crippen LogP contribution is -2.33. The normalized spacial score (nSPS) is 16.8. The Morgan fingerprint density at radius 3 is 2.15 bits per heavy atom. The summed E-state index contributed by atoms with van der Waals surface area (Å²) in [4.78, 5) is 24.6. The molecular formula is C19H23NO6. The van der Waals surface area contributed by atoms with Crippen molar-refractivity contribution in [2.45, 2.75) is 19.9 Å². The number of ether oxygens (including phenoxy) is 4. The molecule has 0 fully saturated rings. The molecule has 1 atom stereocenters. The molecule has 2 rings (SSSR count). The van der Waals surface area contributed by atoms with Crippen LogP contribution in [0.3, 0.4) is 0 Å². The van der Waals surface area contributed by atoms with Gasteiger partial charge in [-0.3, -0.25) is 0 Å². The Kier molecular flexibility index (Phi) is 5.92. The topological polar surface area (TPSA) is 83.1 Å². The summed E-state index contributed by atoms with van der Waals surface area (Å²) in [5.74, 6) is 0.121. The van der Waals surface area contributed by atoms with E-state index in [0.717, 1.165) is 5.56 Å². The average Bonchev–Trinajstić information content (AvgIpc) is 2.66. The van der Waals surface area contributed by atoms with Gasteiger partial charge in [-0.05, 0) is 31.6 Å². The van der Waals surface area contributed by atoms with Gasteiger partial charge in [0.1, 0.15) is 11.5 Å². The number of hydrogen-bond acceptors (Lipinski definition) is 7. The van der Waals surface area contributed by atoms with Gasteiger partial charge in [-0.25, -0.2) is 9.59 Å². The second-order valence-corrected chi connectivity index (χ2v) is 5.71. The van der Waals surface area contributed by atoms with Gasteiger partial charge in [0, 0.05) is 17.3 Å². The Labute approximate surface area is 152 Å². The lowest BCUT2D eigenvalue weighted by Gasteiger charge is -2.31. The number of rotatable bonds is 5. The lowest BCUT2D eigenvalue weighted by molar-refractivity contribution is -0.136. The van der Waals surface area contributed by atoms with E-state index in [2.05, 4.69) is 5.32 Å². The molecule has 1 aromatic rings. The highest BCUT2D eigenvalue weighted by molar-refractivity contribution is 6.00. The van der Waals surface area contributed by atoms with Gasteiger partial charge in [0.05, 0.1) is 45.6 Å². The molecule has 1 heterocycles. The third kappa shape index (κ3) is 3.37. The predicted molar refractivity (Wildman–Crippen MR) is 94.9 cm³/mol. The molecule has 0 unspecified atom stereocenters. The molecule has 7 nitrogen and oxygen atoms in total. The zero-order valence-corrected chi connectivity index (χ0v) is 15.8. The van der Waals surface area contributed by atoms with Crippen LogP contribution in [0.2, 0.25) is 0 Å². The molecule has 0 saturated carbocycles. The van der Waals surface area contributed by atoms with Crippen molar-refractivity contribution in [2.24, 2.45) is 0 Å². The predicted octanol–water partition coefficient (Wildman–Crippen LogP) is 2.28. The first-order chi connectivity index (χ1) is 12.4. The molecule has 1 aliphatic rings. The number of allylic oxidation sites excluding steroid dienone is 1. The minimum Gasteiger partial charge on any atom is -0.497 e. The Hall–Kier alpha value is -2.96. The maximum Gasteiger partial charge on any atom is 0.339 e. The molecule has 0 spiro atoms. The Bertz CT molecular complexity index is 793. The van der Waals surface area contributed by atoms with Crippen molar-refractivity contribution in [3.05, 3.63) is 46.2 Å². The van der Waals surface area contributed by atoms with E-state index < -0.39 is 18.0 Å². The molecule has 26 heavy (non-hydrogen) atoms. The second-order valence-electron chi connectivity index (χ2n) is 5.71. The number of esters is 2. The van der Waals surface area contributed by atoms with Crippen molar-refractivity contribution in [3.8, 4) is 11.5 Å². The van der Waals surface area contributed by atoms with E-state index in [0.29, 0.717) is 33.9 Å². The van der Waals surface area contributed by atoms with E-state index in [9.17, 15) is 9.59 Å². The van der Waals surface area contributed by atoms with Gasteiger partial charge in [-0.15, -0.1) is 0 Å². The maximum atomic E-state index is 12.5. The van der Waals surface area contributed by atoms with E-state index in [1.807, 2.05) is 6.07 Å². The largest absolute Gasteiger partial charge is 0.497 e. The summed E-state index contributed by atoms with van der Waals surface area (Å²) < 4.78 is 20.5. The number of dihydropyridines is 1. The van der Waals surface area contributed by atoms with Crippen molar-refractivity contribution in [1.29, 1.82) is 0 Å². The van der Waals surface area contributed by atoms with E-state index >= 15 is 0 Å². The first-order valence-corrected chi connectivity index (χ1v) is 7.96. The zero-order chi connectivity index (χ0) is 19.4. The molecule has 0 bridgehead atoms. The molecule has 1 aliphatic heterocycles. The van der Waals surface area contributed by atoms with Crippen molar-refractivity contribution in [2.75, 3.05) is 28.4 Å². The molecule has 7 heteroatoms. The van der Waals surface area contributed by atoms with Crippen molar-refractivity contribution >= 4 is 11.9 Å². The lowest BCUT2D eigenvalue weighted by atomic mass is 9.86. The van der Waals surface area contributed by atoms with Gasteiger partial charge < -0.3 is 24.3 Å². The Morgan fingerprint density at radius 2 is 1.62 bits per heavy atom. The highest BCUT2D eigenvalue weighted by Gasteiger charge is 2.35. The smallest absolute Gasteiger partial charge is 0.339 e. The van der Waals surface area contributed by atoms with Crippen LogP contribution in [0.4, 0.5) is 0 Å². The monoisotopic (exact) mass is 361 g/mol. The third-order valence-corrected chi connectivity index (χ3v) is 4.35. The standard InChI is InChI=1S/C19H23NO6/c1-10-15(18(21)25-5)11(2)20-17(16(10)19(22)26-6)13-8-7-12(23-3)9-14(13)24-4/h7-9,17,20H,1-6H3/t17-/m1/s1. The number of nitrogens with one attached hydrogen (secondary N) is 1. The summed E-state index contributed by atoms with van der Waals surface area (Å²) >= 11 is 0. The first kappa shape index (κ1) is 19.4. The number of hydrogen-bond donors (Lipinski definition) is 1. The van der Waals surface area contributed by atoms with Crippen LogP contribution in [0.25, 0.3) is 0 Å². The molecule has 140 valence electrons. The fourth-order valence-electron chi connectivity index (χ4n) is 3.07. The minimum atomic E-state index is -0.545. The fourth-order valence-corrected chi connectivity index (χ4v) is 3.07. The van der Waals surface area contributed by atoms with Crippen LogP contribution in [-0.4, -0.2) is 40.4 Å². The van der Waals surface area contributed by atoms with Crippen LogP contribution < -0.4 is 14.8 Å². The summed E-state index contributed by atoms with van der Waals surface area (Å²) in [6, 6.07) is 4.77. The molecule has 0 aromatic heterocycles. The van der Waals surface area contributed by atoms with E-state index in [-0.39, 0.29) is 0 Å². The van der Waals surface area contributed by atoms with Crippen molar-refractivity contribution in [1.82, 2.24) is 5.32 Å². The summed E-state index contributed by atoms with van der Waals surface area (Å²) in [6.45, 7) is 3.46. The maximum absolute atomic E-state index is 12.5. The van der Waals surface area contributed by atoms with Gasteiger partial charge in [-0.2, -0.15) is 0 Å². The van der Waals surface area contributed by atoms with E-state index in [1.54, 1.807) is 33.1 Å². The fraction of sp³-hybridized carbons (Fsp3) is 0.368. The molecule has 0 aliphatic carbocycles. The molecule has 0 amide bonds. The van der Waals surface area contributed by atoms with E-state index in [1.165, 1.54) is 21.3 Å². The van der Waals surface area contributed by atoms with Crippen molar-refractivity contribution < 1.29 is 28.5 Å². The van der Waals surface area contributed by atoms with Gasteiger partial charge in [0.2, 0.25) is 0 Å². The van der Waals surface area contributed by atoms with Crippen molar-refractivity contribution in [3.63, 3.8) is 0 Å². The van der Waals surface area contributed by atoms with Crippen LogP contribution >= 0.6 is 0 Å². The van der Waals surface area contributed by atoms with Crippen LogP contribution in [0.15, 0.2) is 40.6 Å². The van der Waals surface area contributed by atoms with Gasteiger partial charge in [0.25, 0.3) is 0 Å². The van der Waals surface area contributed by atoms with Gasteiger partial charge >= 0.3 is 11.9 Å². The summed E-state index contributed by atoms with van der Waals surface area (Å²) in [5, 5.41) is 3.21. The van der Waals surface area contributed by atoms with Crippen LogP contribution in [0.1, 0.15) is 25.5 Å². The number of carbonyl (C=O) groups is 2. The highest BCUT2D eigenvalue weighted by atomic mass is 16.5. The average molecular weight is 361 g/mol. The van der Waals surface area contributed by atoms with Crippen LogP contribution in [0.5, 0.6) is 11.5 Å². The Balaban J connectivity index is 2.66. The quantitative estimate of drug-likeness (QED) is 0.806. The Morgan fingerprint density at radius 1 is 0.962 bits per heavy atom. The molecule has 0 radical (unpaired) electrons. The first-order valence-electron chi connectivity index (χ1n) is 7.96. The van der Waals surface area contributed by atoms with Crippen LogP contribution in [-0.2, 0) is 19.1 Å². The van der Waals surface area contributed by atoms with Crippen LogP contribution in [0, 0.1) is 0 Å². The second kappa shape index (κ2) is 7.95. The summed E-state index contributed by atoms with van der Waals surface area (Å²) in [5.41, 5.74) is 2.46. The summed E-state index contributed by atoms with van der Waals surface area (Å²) in [6.07, 6.45) is 0. The van der Waals surface area contributed by atoms with Gasteiger partial charge in [0.15, 0.2) is 0 Å². The molecule has 0 saturated heterocycles. The number of carbonyl (C=O) groups excluding carboxylic acids is 2. The van der Waals surface area contributed by atoms with Gasteiger partial charge in [-0.1, -0.05) is 0 Å². The third-order valence-electron chi connectivity index (χ3n) is 4.35. The van der Waals surface area contributed by atoms with E-state index in [4.69, 9.17) is 18.9 Å². The minimum absolute atomic E-state index is 0.316. The summed E-state index contributed by atoms with van der Waals surface area (Å²) in [7, 11) is 5.70. The molecular weight excluding hydrogens is 338 g/mol. The zero-order valence-electron chi connectivity index (χ0n) is 15.8.